The number of rotatable bonds is 3. The van der Waals surface area contributed by atoms with E-state index < -0.39 is 12.2 Å². The number of hydrogen-bond donors (Lipinski definition) is 1. The first-order valence-corrected chi connectivity index (χ1v) is 4.34. The van der Waals surface area contributed by atoms with E-state index in [1.807, 2.05) is 0 Å². The molecule has 0 aromatic carbocycles. The van der Waals surface area contributed by atoms with Crippen LogP contribution in [0.4, 0.5) is 8.78 Å². The van der Waals surface area contributed by atoms with Gasteiger partial charge in [0, 0.05) is 18.8 Å². The van der Waals surface area contributed by atoms with E-state index in [2.05, 4.69) is 20.2 Å². The topological polar surface area (TPSA) is 54.5 Å². The molecule has 0 atom stereocenters. The second-order valence-electron chi connectivity index (χ2n) is 2.97. The number of halogens is 2. The van der Waals surface area contributed by atoms with Crippen molar-refractivity contribution in [1.29, 1.82) is 0 Å². The number of nitrogens with one attached hydrogen (secondary N) is 1. The predicted octanol–water partition coefficient (Wildman–Crippen LogP) is 1.73. The summed E-state index contributed by atoms with van der Waals surface area (Å²) >= 11 is 0. The quantitative estimate of drug-likeness (QED) is 0.839. The lowest BCUT2D eigenvalue weighted by molar-refractivity contribution is 0.140. The highest BCUT2D eigenvalue weighted by Gasteiger charge is 2.13. The number of aromatic amines is 1. The molecule has 0 spiro atoms. The number of nitrogens with zero attached hydrogens (tertiary/aromatic N) is 3. The first-order chi connectivity index (χ1) is 7.25. The summed E-state index contributed by atoms with van der Waals surface area (Å²) in [4.78, 5) is 7.52. The van der Waals surface area contributed by atoms with Gasteiger partial charge in [0.15, 0.2) is 0 Å². The number of pyridine rings is 1. The second kappa shape index (κ2) is 4.12. The van der Waals surface area contributed by atoms with Crippen LogP contribution in [0, 0.1) is 0 Å². The van der Waals surface area contributed by atoms with E-state index in [1.54, 1.807) is 24.5 Å². The van der Waals surface area contributed by atoms with Gasteiger partial charge in [-0.3, -0.25) is 10.1 Å². The molecular formula is C9H8F2N4. The van der Waals surface area contributed by atoms with Crippen LogP contribution in [0.15, 0.2) is 24.5 Å². The highest BCUT2D eigenvalue weighted by atomic mass is 19.3. The maximum absolute atomic E-state index is 12.2. The van der Waals surface area contributed by atoms with Crippen LogP contribution in [0.1, 0.15) is 23.6 Å². The standard InChI is InChI=1S/C9H8F2N4/c10-8(11)9-13-7(14-15-9)5-6-1-3-12-4-2-6/h1-4,8H,5H2,(H,13,14,15). The van der Waals surface area contributed by atoms with E-state index in [-0.39, 0.29) is 0 Å². The van der Waals surface area contributed by atoms with E-state index in [0.717, 1.165) is 5.56 Å². The van der Waals surface area contributed by atoms with Crippen molar-refractivity contribution in [3.05, 3.63) is 41.7 Å². The number of hydrogen-bond acceptors (Lipinski definition) is 3. The minimum Gasteiger partial charge on any atom is -0.265 e. The van der Waals surface area contributed by atoms with Crippen molar-refractivity contribution in [2.45, 2.75) is 12.8 Å². The van der Waals surface area contributed by atoms with Gasteiger partial charge in [0.05, 0.1) is 0 Å². The third-order valence-electron chi connectivity index (χ3n) is 1.87. The van der Waals surface area contributed by atoms with Crippen molar-refractivity contribution in [2.75, 3.05) is 0 Å². The lowest BCUT2D eigenvalue weighted by atomic mass is 10.2. The smallest absolute Gasteiger partial charge is 0.265 e. The molecule has 0 radical (unpaired) electrons. The van der Waals surface area contributed by atoms with Crippen LogP contribution >= 0.6 is 0 Å². The summed E-state index contributed by atoms with van der Waals surface area (Å²) in [6.45, 7) is 0. The summed E-state index contributed by atoms with van der Waals surface area (Å²) in [5.41, 5.74) is 0.946. The summed E-state index contributed by atoms with van der Waals surface area (Å²) < 4.78 is 24.3. The molecule has 1 N–H and O–H groups in total. The zero-order valence-corrected chi connectivity index (χ0v) is 7.69. The van der Waals surface area contributed by atoms with E-state index in [1.165, 1.54) is 0 Å². The van der Waals surface area contributed by atoms with Crippen molar-refractivity contribution in [1.82, 2.24) is 20.2 Å². The predicted molar refractivity (Wildman–Crippen MR) is 48.4 cm³/mol. The Labute approximate surface area is 84.4 Å². The molecule has 0 aliphatic rings. The highest BCUT2D eigenvalue weighted by molar-refractivity contribution is 5.15. The highest BCUT2D eigenvalue weighted by Crippen LogP contribution is 2.14. The van der Waals surface area contributed by atoms with E-state index in [4.69, 9.17) is 0 Å². The van der Waals surface area contributed by atoms with Crippen LogP contribution in [-0.4, -0.2) is 20.2 Å². The third kappa shape index (κ3) is 2.34. The van der Waals surface area contributed by atoms with Crippen LogP contribution in [0.3, 0.4) is 0 Å². The fraction of sp³-hybridized carbons (Fsp3) is 0.222. The van der Waals surface area contributed by atoms with Crippen LogP contribution in [-0.2, 0) is 6.42 Å². The normalized spacial score (nSPS) is 10.9. The Hall–Kier alpha value is -1.85. The minimum atomic E-state index is -2.63. The second-order valence-corrected chi connectivity index (χ2v) is 2.97. The molecule has 0 fully saturated rings. The molecule has 0 aliphatic heterocycles. The maximum atomic E-state index is 12.2. The largest absolute Gasteiger partial charge is 0.299 e. The molecule has 0 bridgehead atoms. The molecule has 6 heteroatoms. The van der Waals surface area contributed by atoms with Crippen molar-refractivity contribution >= 4 is 0 Å². The molecule has 2 rings (SSSR count). The molecule has 2 aromatic rings. The Morgan fingerprint density at radius 1 is 1.27 bits per heavy atom. The Bertz CT molecular complexity index is 427. The van der Waals surface area contributed by atoms with Crippen LogP contribution in [0.5, 0.6) is 0 Å². The Balaban J connectivity index is 2.12. The van der Waals surface area contributed by atoms with Gasteiger partial charge in [-0.05, 0) is 17.7 Å². The first kappa shape index (κ1) is 9.70. The Morgan fingerprint density at radius 3 is 2.60 bits per heavy atom. The molecule has 0 unspecified atom stereocenters. The van der Waals surface area contributed by atoms with Crippen molar-refractivity contribution < 1.29 is 8.78 Å². The molecule has 2 heterocycles. The zero-order chi connectivity index (χ0) is 10.7. The average molecular weight is 210 g/mol. The SMILES string of the molecule is FC(F)c1n[nH]c(Cc2ccncc2)n1. The lowest BCUT2D eigenvalue weighted by Gasteiger charge is -1.95. The molecule has 0 saturated heterocycles. The van der Waals surface area contributed by atoms with E-state index in [0.29, 0.717) is 12.2 Å². The molecule has 78 valence electrons. The summed E-state index contributed by atoms with van der Waals surface area (Å²) in [6.07, 6.45) is 1.09. The van der Waals surface area contributed by atoms with Crippen molar-refractivity contribution in [3.8, 4) is 0 Å². The van der Waals surface area contributed by atoms with Crippen molar-refractivity contribution in [3.63, 3.8) is 0 Å². The van der Waals surface area contributed by atoms with Crippen LogP contribution in [0.25, 0.3) is 0 Å². The lowest BCUT2D eigenvalue weighted by Crippen LogP contribution is -1.91. The average Bonchev–Trinajstić information content (AvgIpc) is 2.68. The third-order valence-corrected chi connectivity index (χ3v) is 1.87. The first-order valence-electron chi connectivity index (χ1n) is 4.34. The van der Waals surface area contributed by atoms with Gasteiger partial charge in [-0.25, -0.2) is 13.8 Å². The molecule has 2 aromatic heterocycles. The van der Waals surface area contributed by atoms with Gasteiger partial charge in [0.1, 0.15) is 5.82 Å². The number of alkyl halides is 2. The fourth-order valence-electron chi connectivity index (χ4n) is 1.18. The maximum Gasteiger partial charge on any atom is 0.299 e. The zero-order valence-electron chi connectivity index (χ0n) is 7.69. The molecule has 0 amide bonds. The van der Waals surface area contributed by atoms with Gasteiger partial charge >= 0.3 is 0 Å². The Kier molecular flexibility index (Phi) is 2.66. The monoisotopic (exact) mass is 210 g/mol. The van der Waals surface area contributed by atoms with Crippen LogP contribution < -0.4 is 0 Å². The van der Waals surface area contributed by atoms with Gasteiger partial charge < -0.3 is 0 Å². The minimum absolute atomic E-state index is 0.427. The van der Waals surface area contributed by atoms with Gasteiger partial charge in [-0.1, -0.05) is 0 Å². The molecule has 15 heavy (non-hydrogen) atoms. The summed E-state index contributed by atoms with van der Waals surface area (Å²) in [6, 6.07) is 3.59. The van der Waals surface area contributed by atoms with Crippen molar-refractivity contribution in [2.24, 2.45) is 0 Å². The van der Waals surface area contributed by atoms with Gasteiger partial charge in [0.25, 0.3) is 6.43 Å². The summed E-state index contributed by atoms with van der Waals surface area (Å²) in [5.74, 6) is -0.0319. The number of H-pyrrole nitrogens is 1. The van der Waals surface area contributed by atoms with E-state index in [9.17, 15) is 8.78 Å². The fourth-order valence-corrected chi connectivity index (χ4v) is 1.18. The summed E-state index contributed by atoms with van der Waals surface area (Å²) in [5, 5.41) is 5.88. The Morgan fingerprint density at radius 2 is 2.00 bits per heavy atom. The summed E-state index contributed by atoms with van der Waals surface area (Å²) in [7, 11) is 0. The molecule has 4 nitrogen and oxygen atoms in total. The van der Waals surface area contributed by atoms with Gasteiger partial charge in [-0.2, -0.15) is 5.10 Å². The van der Waals surface area contributed by atoms with Gasteiger partial charge in [-0.15, -0.1) is 0 Å². The van der Waals surface area contributed by atoms with E-state index >= 15 is 0 Å². The van der Waals surface area contributed by atoms with Crippen LogP contribution in [0.2, 0.25) is 0 Å². The van der Waals surface area contributed by atoms with Gasteiger partial charge in [0.2, 0.25) is 5.82 Å². The molecular weight excluding hydrogens is 202 g/mol. The molecule has 0 aliphatic carbocycles. The number of aromatic nitrogens is 4. The molecule has 0 saturated carbocycles.